The third-order valence-electron chi connectivity index (χ3n) is 5.39. The number of benzene rings is 2. The molecular formula is C28H34SiZr. The van der Waals surface area contributed by atoms with E-state index in [0.29, 0.717) is 0 Å². The van der Waals surface area contributed by atoms with Gasteiger partial charge in [0.25, 0.3) is 0 Å². The average molecular weight is 490 g/mol. The summed E-state index contributed by atoms with van der Waals surface area (Å²) in [6, 6.07) is 22.0. The minimum Gasteiger partial charge on any atom is -0.196 e. The van der Waals surface area contributed by atoms with Gasteiger partial charge in [0.15, 0.2) is 0 Å². The van der Waals surface area contributed by atoms with Gasteiger partial charge in [0, 0.05) is 0 Å². The van der Waals surface area contributed by atoms with Crippen LogP contribution in [0.3, 0.4) is 0 Å². The minimum absolute atomic E-state index is 0.210. The van der Waals surface area contributed by atoms with Crippen LogP contribution in [-0.4, -0.2) is 5.43 Å². The fourth-order valence-electron chi connectivity index (χ4n) is 3.67. The fourth-order valence-corrected chi connectivity index (χ4v) is 3.67. The molecule has 0 saturated heterocycles. The number of rotatable bonds is 1. The largest absolute Gasteiger partial charge is 0.196 e. The zero-order valence-electron chi connectivity index (χ0n) is 19.8. The molecule has 0 nitrogen and oxygen atoms in total. The third-order valence-corrected chi connectivity index (χ3v) is 5.39. The van der Waals surface area contributed by atoms with Crippen molar-refractivity contribution in [2.24, 2.45) is 0 Å². The molecule has 4 aromatic rings. The van der Waals surface area contributed by atoms with E-state index in [1.807, 2.05) is 0 Å². The maximum atomic E-state index is 2.31. The smallest absolute Gasteiger partial charge is 0.0398 e. The fraction of sp³-hybridized carbons (Fsp3) is 0.286. The summed E-state index contributed by atoms with van der Waals surface area (Å²) in [7, 11) is 0. The van der Waals surface area contributed by atoms with Gasteiger partial charge < -0.3 is 0 Å². The molecule has 0 N–H and O–H groups in total. The molecule has 0 fully saturated rings. The van der Waals surface area contributed by atoms with Crippen LogP contribution in [0.4, 0.5) is 0 Å². The van der Waals surface area contributed by atoms with Crippen molar-refractivity contribution < 1.29 is 23.3 Å². The van der Waals surface area contributed by atoms with Gasteiger partial charge in [-0.25, -0.2) is 0 Å². The van der Waals surface area contributed by atoms with Gasteiger partial charge in [-0.15, -0.1) is 46.7 Å². The average Bonchev–Trinajstić information content (AvgIpc) is 3.18. The second-order valence-electron chi connectivity index (χ2n) is 8.47. The summed E-state index contributed by atoms with van der Waals surface area (Å²) in [6.07, 6.45) is 0. The van der Waals surface area contributed by atoms with Gasteiger partial charge in [-0.2, -0.15) is 28.3 Å². The first-order chi connectivity index (χ1) is 14.1. The summed E-state index contributed by atoms with van der Waals surface area (Å²) in [6.45, 7) is 17.6. The van der Waals surface area contributed by atoms with E-state index in [1.165, 1.54) is 55.3 Å². The zero-order chi connectivity index (χ0) is 22.4. The minimum atomic E-state index is 0.210. The van der Waals surface area contributed by atoms with Crippen molar-refractivity contribution in [1.82, 2.24) is 0 Å². The molecule has 0 aromatic heterocycles. The molecule has 154 valence electrons. The monoisotopic (exact) mass is 488 g/mol. The summed E-state index contributed by atoms with van der Waals surface area (Å²) < 4.78 is 0. The number of hydrogen-bond acceptors (Lipinski definition) is 0. The third kappa shape index (κ3) is 6.76. The van der Waals surface area contributed by atoms with Gasteiger partial charge in [0.1, 0.15) is 0 Å². The molecule has 0 aliphatic heterocycles. The van der Waals surface area contributed by atoms with Crippen molar-refractivity contribution in [3.05, 3.63) is 94.0 Å². The van der Waals surface area contributed by atoms with Crippen LogP contribution < -0.4 is 0 Å². The molecule has 0 bridgehead atoms. The standard InChI is InChI=1S/C17H15.C9H13.C2H6Si.Zr/c1-12-9-13(2)11-15(10-12)17-8-7-14-5-3-4-6-16(14)17;1-6-5-7(2)9(4)8(6)3;1-3-2;/h3-11H,1-2H3;5H,1-4H3;1-2H3;/q2*-1;;+2. The maximum absolute atomic E-state index is 2.31. The first-order valence-electron chi connectivity index (χ1n) is 10.5. The van der Waals surface area contributed by atoms with Crippen LogP contribution in [0.15, 0.2) is 60.7 Å². The van der Waals surface area contributed by atoms with E-state index in [9.17, 15) is 0 Å². The molecule has 0 aliphatic carbocycles. The molecular weight excluding hydrogens is 456 g/mol. The summed E-state index contributed by atoms with van der Waals surface area (Å²) in [5, 5.41) is 2.67. The molecule has 0 heterocycles. The molecule has 2 heteroatoms. The van der Waals surface area contributed by atoms with E-state index >= 15 is 0 Å². The van der Waals surface area contributed by atoms with Gasteiger partial charge in [0.05, 0.1) is 0 Å². The first kappa shape index (κ1) is 24.8. The zero-order valence-corrected chi connectivity index (χ0v) is 23.2. The number of fused-ring (bicyclic) bond motifs is 1. The Bertz CT molecular complexity index is 1090. The summed E-state index contributed by atoms with van der Waals surface area (Å²) >= 11 is 1.74. The normalized spacial score (nSPS) is 10.2. The number of hydrogen-bond donors (Lipinski definition) is 0. The van der Waals surface area contributed by atoms with Crippen LogP contribution in [0.25, 0.3) is 21.9 Å². The Morgan fingerprint density at radius 2 is 1.27 bits per heavy atom. The molecule has 4 aromatic carbocycles. The Balaban J connectivity index is 0.000000207. The van der Waals surface area contributed by atoms with Crippen LogP contribution in [0.2, 0.25) is 13.1 Å². The van der Waals surface area contributed by atoms with Crippen LogP contribution in [0, 0.1) is 41.5 Å². The van der Waals surface area contributed by atoms with Crippen LogP contribution in [-0.2, 0) is 23.3 Å². The molecule has 0 saturated carbocycles. The molecule has 0 radical (unpaired) electrons. The van der Waals surface area contributed by atoms with E-state index < -0.39 is 0 Å². The van der Waals surface area contributed by atoms with E-state index in [2.05, 4.69) is 115 Å². The van der Waals surface area contributed by atoms with Crippen LogP contribution in [0.1, 0.15) is 33.4 Å². The van der Waals surface area contributed by atoms with Crippen LogP contribution >= 0.6 is 0 Å². The Labute approximate surface area is 198 Å². The Morgan fingerprint density at radius 3 is 1.73 bits per heavy atom. The van der Waals surface area contributed by atoms with E-state index in [4.69, 9.17) is 0 Å². The molecule has 0 atom stereocenters. The Kier molecular flexibility index (Phi) is 9.26. The van der Waals surface area contributed by atoms with Crippen molar-refractivity contribution in [2.75, 3.05) is 0 Å². The molecule has 4 rings (SSSR count). The predicted octanol–water partition coefficient (Wildman–Crippen LogP) is 8.27. The van der Waals surface area contributed by atoms with Gasteiger partial charge in [-0.3, -0.25) is 0 Å². The topological polar surface area (TPSA) is 0 Å². The SMILES string of the molecule is C[Si](C)=[Zr+2].Cc1[cH-]c(C)c(C)c1C.Cc1cc(C)cc(-c2c[cH-]c3ccccc23)c1. The second-order valence-corrected chi connectivity index (χ2v) is 17.8. The molecule has 0 aliphatic rings. The Morgan fingerprint density at radius 1 is 0.767 bits per heavy atom. The van der Waals surface area contributed by atoms with Gasteiger partial charge in [0.2, 0.25) is 0 Å². The summed E-state index contributed by atoms with van der Waals surface area (Å²) in [4.78, 5) is 0. The van der Waals surface area contributed by atoms with Gasteiger partial charge in [-0.1, -0.05) is 68.7 Å². The van der Waals surface area contributed by atoms with Crippen molar-refractivity contribution in [3.63, 3.8) is 0 Å². The van der Waals surface area contributed by atoms with Crippen molar-refractivity contribution >= 4 is 16.2 Å². The van der Waals surface area contributed by atoms with Gasteiger partial charge in [-0.05, 0) is 13.8 Å². The quantitative estimate of drug-likeness (QED) is 0.186. The van der Waals surface area contributed by atoms with E-state index in [0.717, 1.165) is 0 Å². The summed E-state index contributed by atoms with van der Waals surface area (Å²) in [5.74, 6) is 0. The van der Waals surface area contributed by atoms with Crippen molar-refractivity contribution in [1.29, 1.82) is 0 Å². The molecule has 30 heavy (non-hydrogen) atoms. The van der Waals surface area contributed by atoms with Crippen molar-refractivity contribution in [2.45, 2.75) is 54.6 Å². The van der Waals surface area contributed by atoms with Gasteiger partial charge >= 0.3 is 41.9 Å². The van der Waals surface area contributed by atoms with E-state index in [-0.39, 0.29) is 5.43 Å². The number of aryl methyl sites for hydroxylation is 4. The first-order valence-corrected chi connectivity index (χ1v) is 16.7. The maximum Gasteiger partial charge on any atom is -0.0398 e. The summed E-state index contributed by atoms with van der Waals surface area (Å²) in [5.41, 5.74) is 11.3. The molecule has 0 amide bonds. The van der Waals surface area contributed by atoms with Crippen molar-refractivity contribution in [3.8, 4) is 11.1 Å². The predicted molar refractivity (Wildman–Crippen MR) is 133 cm³/mol. The molecule has 0 unspecified atom stereocenters. The Hall–Kier alpha value is -1.50. The van der Waals surface area contributed by atoms with E-state index in [1.54, 1.807) is 23.3 Å². The second kappa shape index (κ2) is 11.2. The van der Waals surface area contributed by atoms with Crippen LogP contribution in [0.5, 0.6) is 0 Å². The molecule has 0 spiro atoms.